The first-order chi connectivity index (χ1) is 16.0. The molecular weight excluding hydrogens is 418 g/mol. The van der Waals surface area contributed by atoms with E-state index in [0.29, 0.717) is 28.2 Å². The molecule has 0 bridgehead atoms. The standard InChI is InChI=1S/C27H27NO5/c1-17(2)24-14-23(30)27-25(32-18(3)22-10-5-4-8-19(22)15-29)12-21(13-26(27)33-24)31-16-20-9-6-7-11-28-20/h4-14,17-18,29H,15-16H2,1-3H3. The fraction of sp³-hybridized carbons (Fsp3) is 0.259. The fourth-order valence-corrected chi connectivity index (χ4v) is 3.68. The van der Waals surface area contributed by atoms with Crippen LogP contribution in [0.5, 0.6) is 11.5 Å². The van der Waals surface area contributed by atoms with E-state index in [0.717, 1.165) is 16.8 Å². The second-order valence-corrected chi connectivity index (χ2v) is 8.19. The third-order valence-corrected chi connectivity index (χ3v) is 5.44. The summed E-state index contributed by atoms with van der Waals surface area (Å²) >= 11 is 0. The summed E-state index contributed by atoms with van der Waals surface area (Å²) in [4.78, 5) is 17.3. The molecule has 0 saturated carbocycles. The molecule has 33 heavy (non-hydrogen) atoms. The molecule has 0 radical (unpaired) electrons. The molecule has 0 aliphatic carbocycles. The quantitative estimate of drug-likeness (QED) is 0.384. The number of fused-ring (bicyclic) bond motifs is 1. The normalized spacial score (nSPS) is 12.2. The van der Waals surface area contributed by atoms with E-state index in [1.54, 1.807) is 18.3 Å². The summed E-state index contributed by atoms with van der Waals surface area (Å²) in [6.45, 7) is 5.99. The molecule has 2 aromatic heterocycles. The maximum absolute atomic E-state index is 13.0. The predicted octanol–water partition coefficient (Wildman–Crippen LogP) is 5.52. The molecule has 0 amide bonds. The minimum Gasteiger partial charge on any atom is -0.487 e. The Morgan fingerprint density at radius 1 is 1.03 bits per heavy atom. The highest BCUT2D eigenvalue weighted by molar-refractivity contribution is 5.85. The van der Waals surface area contributed by atoms with E-state index >= 15 is 0 Å². The van der Waals surface area contributed by atoms with E-state index in [1.807, 2.05) is 63.2 Å². The zero-order valence-electron chi connectivity index (χ0n) is 18.9. The van der Waals surface area contributed by atoms with Gasteiger partial charge in [0.25, 0.3) is 0 Å². The highest BCUT2D eigenvalue weighted by atomic mass is 16.5. The molecule has 6 nitrogen and oxygen atoms in total. The Morgan fingerprint density at radius 2 is 1.82 bits per heavy atom. The monoisotopic (exact) mass is 445 g/mol. The highest BCUT2D eigenvalue weighted by Crippen LogP contribution is 2.34. The summed E-state index contributed by atoms with van der Waals surface area (Å²) in [5.41, 5.74) is 2.63. The van der Waals surface area contributed by atoms with Gasteiger partial charge in [-0.3, -0.25) is 9.78 Å². The van der Waals surface area contributed by atoms with Crippen molar-refractivity contribution in [2.45, 2.75) is 46.0 Å². The summed E-state index contributed by atoms with van der Waals surface area (Å²) in [7, 11) is 0. The van der Waals surface area contributed by atoms with Gasteiger partial charge in [-0.15, -0.1) is 0 Å². The van der Waals surface area contributed by atoms with Crippen LogP contribution in [0.3, 0.4) is 0 Å². The van der Waals surface area contributed by atoms with Crippen molar-refractivity contribution in [1.29, 1.82) is 0 Å². The van der Waals surface area contributed by atoms with Crippen molar-refractivity contribution < 1.29 is 19.0 Å². The molecule has 170 valence electrons. The number of aliphatic hydroxyl groups excluding tert-OH is 1. The first-order valence-corrected chi connectivity index (χ1v) is 11.0. The number of hydrogen-bond donors (Lipinski definition) is 1. The van der Waals surface area contributed by atoms with E-state index in [9.17, 15) is 9.90 Å². The van der Waals surface area contributed by atoms with Crippen LogP contribution in [0.25, 0.3) is 11.0 Å². The zero-order chi connectivity index (χ0) is 23.4. The Kier molecular flexibility index (Phi) is 6.75. The lowest BCUT2D eigenvalue weighted by Crippen LogP contribution is -2.10. The van der Waals surface area contributed by atoms with E-state index in [1.165, 1.54) is 6.07 Å². The Hall–Kier alpha value is -3.64. The van der Waals surface area contributed by atoms with Crippen LogP contribution in [-0.4, -0.2) is 10.1 Å². The van der Waals surface area contributed by atoms with E-state index in [-0.39, 0.29) is 24.6 Å². The average Bonchev–Trinajstić information content (AvgIpc) is 2.82. The molecule has 2 aromatic carbocycles. The zero-order valence-corrected chi connectivity index (χ0v) is 18.9. The SMILES string of the molecule is CC(C)c1cc(=O)c2c(OC(C)c3ccccc3CO)cc(OCc3ccccn3)cc2o1. The Bertz CT molecular complexity index is 1300. The van der Waals surface area contributed by atoms with Gasteiger partial charge in [-0.2, -0.15) is 0 Å². The molecule has 4 aromatic rings. The van der Waals surface area contributed by atoms with Crippen LogP contribution in [0.15, 0.2) is 76.1 Å². The predicted molar refractivity (Wildman–Crippen MR) is 127 cm³/mol. The Morgan fingerprint density at radius 3 is 2.55 bits per heavy atom. The Balaban J connectivity index is 1.76. The van der Waals surface area contributed by atoms with Crippen LogP contribution in [0.4, 0.5) is 0 Å². The van der Waals surface area contributed by atoms with Crippen molar-refractivity contribution in [2.24, 2.45) is 0 Å². The number of hydrogen-bond acceptors (Lipinski definition) is 6. The van der Waals surface area contributed by atoms with Gasteiger partial charge in [0.2, 0.25) is 0 Å². The van der Waals surface area contributed by atoms with Gasteiger partial charge in [0.15, 0.2) is 5.43 Å². The smallest absolute Gasteiger partial charge is 0.196 e. The fourth-order valence-electron chi connectivity index (χ4n) is 3.68. The lowest BCUT2D eigenvalue weighted by atomic mass is 10.0. The first-order valence-electron chi connectivity index (χ1n) is 11.0. The van der Waals surface area contributed by atoms with Gasteiger partial charge in [0.05, 0.1) is 12.3 Å². The minimum atomic E-state index is -0.410. The number of nitrogens with zero attached hydrogens (tertiary/aromatic N) is 1. The lowest BCUT2D eigenvalue weighted by Gasteiger charge is -2.20. The van der Waals surface area contributed by atoms with Crippen molar-refractivity contribution >= 4 is 11.0 Å². The minimum absolute atomic E-state index is 0.0555. The molecule has 1 N–H and O–H groups in total. The van der Waals surface area contributed by atoms with Crippen molar-refractivity contribution in [2.75, 3.05) is 0 Å². The number of benzene rings is 2. The lowest BCUT2D eigenvalue weighted by molar-refractivity contribution is 0.219. The van der Waals surface area contributed by atoms with Gasteiger partial charge >= 0.3 is 0 Å². The van der Waals surface area contributed by atoms with E-state index in [2.05, 4.69) is 4.98 Å². The maximum Gasteiger partial charge on any atom is 0.196 e. The number of aromatic nitrogens is 1. The van der Waals surface area contributed by atoms with Crippen molar-refractivity contribution in [3.05, 3.63) is 99.7 Å². The van der Waals surface area contributed by atoms with Crippen LogP contribution >= 0.6 is 0 Å². The van der Waals surface area contributed by atoms with Crippen molar-refractivity contribution in [1.82, 2.24) is 4.98 Å². The molecule has 0 saturated heterocycles. The molecule has 4 rings (SSSR count). The second-order valence-electron chi connectivity index (χ2n) is 8.19. The highest BCUT2D eigenvalue weighted by Gasteiger charge is 2.19. The van der Waals surface area contributed by atoms with Crippen LogP contribution in [0, 0.1) is 0 Å². The topological polar surface area (TPSA) is 81.8 Å². The maximum atomic E-state index is 13.0. The van der Waals surface area contributed by atoms with E-state index < -0.39 is 6.10 Å². The summed E-state index contributed by atoms with van der Waals surface area (Å²) in [6, 6.07) is 18.1. The molecule has 2 heterocycles. The number of rotatable bonds is 8. The third-order valence-electron chi connectivity index (χ3n) is 5.44. The third kappa shape index (κ3) is 5.07. The first kappa shape index (κ1) is 22.6. The molecule has 0 aliphatic rings. The Labute approximate surface area is 192 Å². The van der Waals surface area contributed by atoms with Gasteiger partial charge in [0, 0.05) is 30.3 Å². The second kappa shape index (κ2) is 9.88. The van der Waals surface area contributed by atoms with Crippen molar-refractivity contribution in [3.63, 3.8) is 0 Å². The van der Waals surface area contributed by atoms with Crippen LogP contribution in [0.1, 0.15) is 55.4 Å². The molecule has 0 spiro atoms. The number of pyridine rings is 1. The molecule has 0 fully saturated rings. The van der Waals surface area contributed by atoms with Gasteiger partial charge in [0.1, 0.15) is 40.9 Å². The van der Waals surface area contributed by atoms with Crippen LogP contribution < -0.4 is 14.9 Å². The van der Waals surface area contributed by atoms with Gasteiger partial charge < -0.3 is 19.0 Å². The van der Waals surface area contributed by atoms with Crippen LogP contribution in [0.2, 0.25) is 0 Å². The molecule has 1 unspecified atom stereocenters. The van der Waals surface area contributed by atoms with Gasteiger partial charge in [-0.25, -0.2) is 0 Å². The molecule has 1 atom stereocenters. The molecule has 0 aliphatic heterocycles. The van der Waals surface area contributed by atoms with Gasteiger partial charge in [-0.05, 0) is 30.2 Å². The summed E-state index contributed by atoms with van der Waals surface area (Å²) in [5.74, 6) is 1.53. The summed E-state index contributed by atoms with van der Waals surface area (Å²) < 4.78 is 18.3. The average molecular weight is 446 g/mol. The van der Waals surface area contributed by atoms with Gasteiger partial charge in [-0.1, -0.05) is 44.2 Å². The van der Waals surface area contributed by atoms with E-state index in [4.69, 9.17) is 13.9 Å². The number of aliphatic hydroxyl groups is 1. The summed E-state index contributed by atoms with van der Waals surface area (Å²) in [6.07, 6.45) is 1.30. The largest absolute Gasteiger partial charge is 0.487 e. The summed E-state index contributed by atoms with van der Waals surface area (Å²) in [5, 5.41) is 10.1. The van der Waals surface area contributed by atoms with Crippen LogP contribution in [-0.2, 0) is 13.2 Å². The van der Waals surface area contributed by atoms with Crippen molar-refractivity contribution in [3.8, 4) is 11.5 Å². The molecule has 6 heteroatoms. The number of ether oxygens (including phenoxy) is 2. The molecular formula is C27H27NO5.